The second-order valence-electron chi connectivity index (χ2n) is 32.8. The van der Waals surface area contributed by atoms with E-state index in [1.54, 1.807) is 44.9 Å². The molecule has 4 saturated heterocycles. The molecule has 576 valence electrons. The van der Waals surface area contributed by atoms with Crippen molar-refractivity contribution in [2.45, 2.75) is 153 Å². The molecule has 20 rings (SSSR count). The fourth-order valence-electron chi connectivity index (χ4n) is 21.9. The molecule has 0 amide bonds. The van der Waals surface area contributed by atoms with E-state index in [2.05, 4.69) is 111 Å². The highest BCUT2D eigenvalue weighted by molar-refractivity contribution is 7.89. The molecule has 12 aliphatic rings. The lowest BCUT2D eigenvalue weighted by atomic mass is 9.53. The first kappa shape index (κ1) is 74.0. The Bertz CT molecular complexity index is 4540. The highest BCUT2D eigenvalue weighted by Crippen LogP contribution is 2.64. The van der Waals surface area contributed by atoms with Crippen LogP contribution in [0.25, 0.3) is 45.0 Å². The number of sulfonamides is 4. The Hall–Kier alpha value is -6.80. The van der Waals surface area contributed by atoms with Gasteiger partial charge in [-0.2, -0.15) is 0 Å². The summed E-state index contributed by atoms with van der Waals surface area (Å²) in [6, 6.07) is 34.0. The van der Waals surface area contributed by atoms with Crippen molar-refractivity contribution < 1.29 is 54.1 Å². The van der Waals surface area contributed by atoms with E-state index in [9.17, 15) is 54.1 Å². The van der Waals surface area contributed by atoms with Crippen molar-refractivity contribution in [3.63, 3.8) is 0 Å². The number of benzene rings is 4. The molecule has 4 aromatic heterocycles. The van der Waals surface area contributed by atoms with E-state index in [4.69, 9.17) is 0 Å². The highest BCUT2D eigenvalue weighted by Gasteiger charge is 2.63. The monoisotopic (exact) mass is 1550 g/mol. The Kier molecular flexibility index (Phi) is 18.9. The van der Waals surface area contributed by atoms with Gasteiger partial charge in [-0.1, -0.05) is 97.1 Å². The molecule has 0 radical (unpaired) electrons. The van der Waals surface area contributed by atoms with Crippen molar-refractivity contribution in [2.75, 3.05) is 75.4 Å². The number of aliphatic hydroxyl groups is 4. The van der Waals surface area contributed by atoms with Gasteiger partial charge in [0.15, 0.2) is 0 Å². The smallest absolute Gasteiger partial charge is 0.213 e. The first-order chi connectivity index (χ1) is 51.9. The maximum atomic E-state index is 12.1. The third-order valence-electron chi connectivity index (χ3n) is 28.3. The first-order valence-electron chi connectivity index (χ1n) is 39.0. The molecule has 4 N–H and O–H groups in total. The second kappa shape index (κ2) is 27.5. The topological polar surface area (TPSA) is 302 Å². The number of piperidine rings is 4. The third kappa shape index (κ3) is 11.8. The number of nitrogens with zero attached hydrogens (tertiary/aromatic N) is 12. The first-order valence-corrected chi connectivity index (χ1v) is 45.4. The van der Waals surface area contributed by atoms with Crippen molar-refractivity contribution in [3.05, 3.63) is 169 Å². The number of fused-ring (bicyclic) bond motifs is 12. The molecule has 12 atom stereocenters. The van der Waals surface area contributed by atoms with Gasteiger partial charge in [0.1, 0.15) is 0 Å². The minimum atomic E-state index is -3.14. The molecule has 8 aliphatic heterocycles. The Morgan fingerprint density at radius 1 is 0.315 bits per heavy atom. The van der Waals surface area contributed by atoms with Gasteiger partial charge < -0.3 is 38.7 Å². The van der Waals surface area contributed by atoms with Crippen LogP contribution in [0.3, 0.4) is 0 Å². The standard InChI is InChI=1S/4C20H25N3O3S/c4*1-2-27(25,26)22-9-7-20(8-10-22)11-16(19(20)24)18-15-6-4-3-5-14(15)17-12-21-13-23(17)18/h4*3-6,12-13,16,18-19,24H,2,7-11H2,1H3/t16-,18+,19+;16-,18+,19-;16-,18-,19+;16-,18-,19-/m1100/s1. The summed E-state index contributed by atoms with van der Waals surface area (Å²) in [5.41, 5.74) is 13.8. The van der Waals surface area contributed by atoms with Gasteiger partial charge in [-0.05, 0) is 149 Å². The average Bonchev–Trinajstić information content (AvgIpc) is 1.51. The molecule has 24 nitrogen and oxygen atoms in total. The lowest BCUT2D eigenvalue weighted by Gasteiger charge is -2.57. The Morgan fingerprint density at radius 2 is 0.500 bits per heavy atom. The summed E-state index contributed by atoms with van der Waals surface area (Å²) in [6.07, 6.45) is 23.1. The van der Waals surface area contributed by atoms with Crippen LogP contribution in [-0.4, -0.2) is 209 Å². The zero-order valence-corrected chi connectivity index (χ0v) is 65.1. The lowest BCUT2D eigenvalue weighted by Crippen LogP contribution is -2.59. The molecule has 12 heterocycles. The van der Waals surface area contributed by atoms with E-state index < -0.39 is 64.5 Å². The molecule has 8 fully saturated rings. The van der Waals surface area contributed by atoms with Gasteiger partial charge in [-0.25, -0.2) is 70.8 Å². The number of aliphatic hydroxyl groups excluding tert-OH is 4. The predicted octanol–water partition coefficient (Wildman–Crippen LogP) is 9.06. The summed E-state index contributed by atoms with van der Waals surface area (Å²) in [7, 11) is -12.5. The minimum absolute atomic E-state index is 0.122. The average molecular weight is 1550 g/mol. The number of imidazole rings is 4. The zero-order chi connectivity index (χ0) is 75.2. The van der Waals surface area contributed by atoms with Crippen LogP contribution in [0.5, 0.6) is 0 Å². The van der Waals surface area contributed by atoms with Gasteiger partial charge in [-0.15, -0.1) is 0 Å². The summed E-state index contributed by atoms with van der Waals surface area (Å²) in [6.45, 7) is 11.0. The Labute approximate surface area is 634 Å². The van der Waals surface area contributed by atoms with Crippen LogP contribution in [0.2, 0.25) is 0 Å². The summed E-state index contributed by atoms with van der Waals surface area (Å²) in [5, 5.41) is 44.7. The zero-order valence-electron chi connectivity index (χ0n) is 61.8. The van der Waals surface area contributed by atoms with Crippen molar-refractivity contribution in [1.29, 1.82) is 0 Å². The summed E-state index contributed by atoms with van der Waals surface area (Å²) >= 11 is 0. The van der Waals surface area contributed by atoms with E-state index in [1.165, 1.54) is 44.5 Å². The van der Waals surface area contributed by atoms with Crippen LogP contribution in [0.1, 0.15) is 151 Å². The van der Waals surface area contributed by atoms with Crippen LogP contribution in [0.15, 0.2) is 147 Å². The molecule has 4 aliphatic carbocycles. The molecule has 8 aromatic rings. The molecule has 0 bridgehead atoms. The fourth-order valence-corrected chi connectivity index (χ4v) is 26.3. The van der Waals surface area contributed by atoms with Crippen LogP contribution in [0, 0.1) is 45.3 Å². The van der Waals surface area contributed by atoms with Gasteiger partial charge in [0.25, 0.3) is 0 Å². The highest BCUT2D eigenvalue weighted by atomic mass is 32.2. The number of rotatable bonds is 12. The second-order valence-corrected chi connectivity index (χ2v) is 41.8. The van der Waals surface area contributed by atoms with Gasteiger partial charge in [-0.3, -0.25) is 0 Å². The van der Waals surface area contributed by atoms with E-state index >= 15 is 0 Å². The van der Waals surface area contributed by atoms with Gasteiger partial charge >= 0.3 is 0 Å². The maximum absolute atomic E-state index is 12.1. The van der Waals surface area contributed by atoms with Gasteiger partial charge in [0, 0.05) is 98.3 Å². The number of aromatic nitrogens is 8. The van der Waals surface area contributed by atoms with Crippen molar-refractivity contribution >= 4 is 40.1 Å². The summed E-state index contributed by atoms with van der Waals surface area (Å²) in [5.74, 6) is 1.18. The quantitative estimate of drug-likeness (QED) is 0.0886. The molecule has 0 unspecified atom stereocenters. The lowest BCUT2D eigenvalue weighted by molar-refractivity contribution is -0.152. The van der Waals surface area contributed by atoms with Crippen LogP contribution < -0.4 is 0 Å². The molecular weight excluding hydrogens is 1450 g/mol. The summed E-state index contributed by atoms with van der Waals surface area (Å²) < 4.78 is 112. The number of hydrogen-bond acceptors (Lipinski definition) is 16. The van der Waals surface area contributed by atoms with Crippen molar-refractivity contribution in [3.8, 4) is 45.0 Å². The van der Waals surface area contributed by atoms with Crippen molar-refractivity contribution in [1.82, 2.24) is 55.4 Å². The fraction of sp³-hybridized carbons (Fsp3) is 0.550. The molecule has 28 heteroatoms. The Balaban J connectivity index is 0.000000105. The third-order valence-corrected chi connectivity index (χ3v) is 35.8. The van der Waals surface area contributed by atoms with E-state index in [-0.39, 0.29) is 92.5 Å². The van der Waals surface area contributed by atoms with Crippen LogP contribution >= 0.6 is 0 Å². The van der Waals surface area contributed by atoms with E-state index in [0.717, 1.165) is 99.8 Å². The molecule has 108 heavy (non-hydrogen) atoms. The minimum Gasteiger partial charge on any atom is -0.392 e. The van der Waals surface area contributed by atoms with Gasteiger partial charge in [0.05, 0.1) is 144 Å². The number of hydrogen-bond donors (Lipinski definition) is 4. The maximum Gasteiger partial charge on any atom is 0.213 e. The van der Waals surface area contributed by atoms with E-state index in [1.807, 2.05) is 74.4 Å². The molecule has 4 aromatic carbocycles. The van der Waals surface area contributed by atoms with Crippen LogP contribution in [0.4, 0.5) is 0 Å². The predicted molar refractivity (Wildman–Crippen MR) is 410 cm³/mol. The van der Waals surface area contributed by atoms with Crippen molar-refractivity contribution in [2.24, 2.45) is 45.3 Å². The molecule has 4 spiro atoms. The summed E-state index contributed by atoms with van der Waals surface area (Å²) in [4.78, 5) is 17.3. The van der Waals surface area contributed by atoms with Gasteiger partial charge in [0.2, 0.25) is 40.1 Å². The van der Waals surface area contributed by atoms with Crippen LogP contribution in [-0.2, 0) is 40.1 Å². The normalized spacial score (nSPS) is 29.3. The SMILES string of the molecule is CCS(=O)(=O)N1CCC2(CC1)C[C@@H]([C@@H]1c3ccccc3-c3cncn31)[C@@H]2O.CCS(=O)(=O)N1CCC2(CC1)C[C@@H]([C@@H]1c3ccccc3-c3cncn31)[C@H]2O.CCS(=O)(=O)N1CCC2(CC1)C[C@H]([C@@H]1c3ccccc3-c3cncn31)[C@@H]2O.CCS(=O)(=O)N1CCC2(CC1)C[C@H]([C@@H]1c3ccccc3-c3cncn31)[C@H]2O. The largest absolute Gasteiger partial charge is 0.392 e. The molecular formula is C80H100N12O12S4. The molecule has 4 saturated carbocycles. The Morgan fingerprint density at radius 3 is 0.676 bits per heavy atom. The van der Waals surface area contributed by atoms with E-state index in [0.29, 0.717) is 52.4 Å².